The van der Waals surface area contributed by atoms with Crippen LogP contribution in [0.4, 0.5) is 0 Å². The third kappa shape index (κ3) is 2.98. The summed E-state index contributed by atoms with van der Waals surface area (Å²) in [5.41, 5.74) is 0. The molecule has 0 fully saturated rings. The van der Waals surface area contributed by atoms with E-state index >= 15 is 0 Å². The van der Waals surface area contributed by atoms with Crippen molar-refractivity contribution in [1.82, 2.24) is 4.98 Å². The summed E-state index contributed by atoms with van der Waals surface area (Å²) in [6.45, 7) is 6.41. The minimum absolute atomic E-state index is 0.123. The molecule has 1 aromatic heterocycles. The molecule has 2 atom stereocenters. The van der Waals surface area contributed by atoms with Crippen LogP contribution in [-0.2, 0) is 0 Å². The van der Waals surface area contributed by atoms with Gasteiger partial charge < -0.3 is 9.47 Å². The van der Waals surface area contributed by atoms with Crippen molar-refractivity contribution >= 4 is 22.4 Å². The Morgan fingerprint density at radius 3 is 2.65 bits per heavy atom. The van der Waals surface area contributed by atoms with Crippen LogP contribution < -0.4 is 9.47 Å². The normalized spacial score (nSPS) is 14.1. The molecule has 3 nitrogen and oxygen atoms in total. The van der Waals surface area contributed by atoms with Gasteiger partial charge >= 0.3 is 0 Å². The number of ether oxygens (including phenoxy) is 2. The van der Waals surface area contributed by atoms with Crippen LogP contribution in [0.15, 0.2) is 24.4 Å². The number of hydrogen-bond acceptors (Lipinski definition) is 3. The molecule has 0 saturated carbocycles. The first-order chi connectivity index (χ1) is 9.56. The Labute approximate surface area is 124 Å². The van der Waals surface area contributed by atoms with E-state index in [1.807, 2.05) is 18.2 Å². The van der Waals surface area contributed by atoms with Crippen molar-refractivity contribution in [1.29, 1.82) is 0 Å². The summed E-state index contributed by atoms with van der Waals surface area (Å²) in [5, 5.41) is 2.28. The number of halogens is 1. The summed E-state index contributed by atoms with van der Waals surface area (Å²) >= 11 is 6.14. The van der Waals surface area contributed by atoms with Gasteiger partial charge in [0.15, 0.2) is 0 Å². The molecule has 4 heteroatoms. The van der Waals surface area contributed by atoms with Crippen molar-refractivity contribution in [2.24, 2.45) is 5.92 Å². The third-order valence-electron chi connectivity index (χ3n) is 3.77. The lowest BCUT2D eigenvalue weighted by molar-refractivity contribution is 0.160. The molecule has 0 N–H and O–H groups in total. The van der Waals surface area contributed by atoms with Gasteiger partial charge in [0.1, 0.15) is 16.7 Å². The van der Waals surface area contributed by atoms with E-state index in [9.17, 15) is 0 Å². The van der Waals surface area contributed by atoms with Gasteiger partial charge in [-0.3, -0.25) is 0 Å². The molecule has 2 rings (SSSR count). The fourth-order valence-corrected chi connectivity index (χ4v) is 2.24. The van der Waals surface area contributed by atoms with Crippen LogP contribution in [0.3, 0.4) is 0 Å². The summed E-state index contributed by atoms with van der Waals surface area (Å²) in [5.74, 6) is 2.00. The van der Waals surface area contributed by atoms with Gasteiger partial charge in [0, 0.05) is 10.8 Å². The van der Waals surface area contributed by atoms with Crippen LogP contribution >= 0.6 is 11.6 Å². The highest BCUT2D eigenvalue weighted by molar-refractivity contribution is 6.34. The highest BCUT2D eigenvalue weighted by Gasteiger charge is 2.15. The van der Waals surface area contributed by atoms with Crippen molar-refractivity contribution in [2.45, 2.75) is 33.3 Å². The molecular formula is C16H20ClNO2. The molecule has 1 aromatic carbocycles. The van der Waals surface area contributed by atoms with E-state index in [0.717, 1.165) is 28.7 Å². The van der Waals surface area contributed by atoms with Crippen LogP contribution in [0, 0.1) is 5.92 Å². The molecule has 1 heterocycles. The molecule has 0 bridgehead atoms. The number of pyridine rings is 1. The standard InChI is InChI=1S/C16H20ClNO2/c1-5-10(2)11(3)20-15-9-18-16(17)13-7-6-12(19-4)8-14(13)15/h6-11H,5H2,1-4H3. The zero-order valence-corrected chi connectivity index (χ0v) is 13.1. The molecule has 0 amide bonds. The first-order valence-corrected chi connectivity index (χ1v) is 7.23. The first kappa shape index (κ1) is 14.9. The minimum atomic E-state index is 0.123. The molecule has 0 aliphatic carbocycles. The molecule has 20 heavy (non-hydrogen) atoms. The Hall–Kier alpha value is -1.48. The average molecular weight is 294 g/mol. The number of aromatic nitrogens is 1. The number of methoxy groups -OCH3 is 1. The lowest BCUT2D eigenvalue weighted by Crippen LogP contribution is -2.20. The van der Waals surface area contributed by atoms with Crippen LogP contribution in [0.25, 0.3) is 10.8 Å². The smallest absolute Gasteiger partial charge is 0.146 e. The van der Waals surface area contributed by atoms with Crippen molar-refractivity contribution in [3.8, 4) is 11.5 Å². The topological polar surface area (TPSA) is 31.4 Å². The van der Waals surface area contributed by atoms with Gasteiger partial charge in [-0.05, 0) is 31.0 Å². The SMILES string of the molecule is CCC(C)C(C)Oc1cnc(Cl)c2ccc(OC)cc12. The Morgan fingerprint density at radius 1 is 1.25 bits per heavy atom. The van der Waals surface area contributed by atoms with Crippen molar-refractivity contribution in [2.75, 3.05) is 7.11 Å². The van der Waals surface area contributed by atoms with Crippen molar-refractivity contribution < 1.29 is 9.47 Å². The van der Waals surface area contributed by atoms with Crippen LogP contribution in [0.2, 0.25) is 5.15 Å². The summed E-state index contributed by atoms with van der Waals surface area (Å²) < 4.78 is 11.3. The highest BCUT2D eigenvalue weighted by Crippen LogP contribution is 2.33. The average Bonchev–Trinajstić information content (AvgIpc) is 2.48. The van der Waals surface area contributed by atoms with E-state index in [2.05, 4.69) is 25.8 Å². The summed E-state index contributed by atoms with van der Waals surface area (Å²) in [6.07, 6.45) is 2.88. The van der Waals surface area contributed by atoms with Crippen LogP contribution in [0.5, 0.6) is 11.5 Å². The third-order valence-corrected chi connectivity index (χ3v) is 4.07. The molecule has 0 aliphatic rings. The van der Waals surface area contributed by atoms with Crippen molar-refractivity contribution in [3.63, 3.8) is 0 Å². The summed E-state index contributed by atoms with van der Waals surface area (Å²) in [6, 6.07) is 5.71. The molecule has 0 radical (unpaired) electrons. The fourth-order valence-electron chi connectivity index (χ4n) is 2.03. The molecule has 0 aliphatic heterocycles. The summed E-state index contributed by atoms with van der Waals surface area (Å²) in [7, 11) is 1.65. The van der Waals surface area contributed by atoms with Crippen LogP contribution in [-0.4, -0.2) is 18.2 Å². The van der Waals surface area contributed by atoms with E-state index < -0.39 is 0 Å². The Balaban J connectivity index is 2.44. The largest absolute Gasteiger partial charge is 0.497 e. The van der Waals surface area contributed by atoms with Gasteiger partial charge in [0.2, 0.25) is 0 Å². The fraction of sp³-hybridized carbons (Fsp3) is 0.438. The lowest BCUT2D eigenvalue weighted by Gasteiger charge is -2.21. The zero-order valence-electron chi connectivity index (χ0n) is 12.3. The van der Waals surface area contributed by atoms with Crippen molar-refractivity contribution in [3.05, 3.63) is 29.5 Å². The Morgan fingerprint density at radius 2 is 2.00 bits per heavy atom. The maximum Gasteiger partial charge on any atom is 0.146 e. The second kappa shape index (κ2) is 6.31. The second-order valence-electron chi connectivity index (χ2n) is 5.03. The summed E-state index contributed by atoms with van der Waals surface area (Å²) in [4.78, 5) is 4.20. The van der Waals surface area contributed by atoms with E-state index in [4.69, 9.17) is 21.1 Å². The number of rotatable bonds is 5. The van der Waals surface area contributed by atoms with Gasteiger partial charge in [0.25, 0.3) is 0 Å². The van der Waals surface area contributed by atoms with Crippen LogP contribution in [0.1, 0.15) is 27.2 Å². The number of nitrogens with zero attached hydrogens (tertiary/aromatic N) is 1. The van der Waals surface area contributed by atoms with Gasteiger partial charge in [-0.2, -0.15) is 0 Å². The van der Waals surface area contributed by atoms with E-state index in [0.29, 0.717) is 11.1 Å². The number of hydrogen-bond donors (Lipinski definition) is 0. The van der Waals surface area contributed by atoms with Gasteiger partial charge in [-0.1, -0.05) is 31.9 Å². The van der Waals surface area contributed by atoms with E-state index in [1.54, 1.807) is 13.3 Å². The lowest BCUT2D eigenvalue weighted by atomic mass is 10.0. The minimum Gasteiger partial charge on any atom is -0.497 e. The monoisotopic (exact) mass is 293 g/mol. The quantitative estimate of drug-likeness (QED) is 0.748. The Bertz CT molecular complexity index is 600. The number of benzene rings is 1. The number of fused-ring (bicyclic) bond motifs is 1. The van der Waals surface area contributed by atoms with Gasteiger partial charge in [-0.15, -0.1) is 0 Å². The molecule has 0 saturated heterocycles. The highest BCUT2D eigenvalue weighted by atomic mass is 35.5. The predicted octanol–water partition coefficient (Wildman–Crippen LogP) is 4.71. The van der Waals surface area contributed by atoms with Gasteiger partial charge in [-0.25, -0.2) is 4.98 Å². The Kier molecular flexibility index (Phi) is 4.71. The first-order valence-electron chi connectivity index (χ1n) is 6.85. The molecule has 0 spiro atoms. The molecule has 2 aromatic rings. The maximum atomic E-state index is 6.14. The van der Waals surface area contributed by atoms with E-state index in [-0.39, 0.29) is 6.10 Å². The maximum absolute atomic E-state index is 6.14. The van der Waals surface area contributed by atoms with E-state index in [1.165, 1.54) is 0 Å². The predicted molar refractivity (Wildman–Crippen MR) is 82.9 cm³/mol. The second-order valence-corrected chi connectivity index (χ2v) is 5.39. The molecule has 2 unspecified atom stereocenters. The molecular weight excluding hydrogens is 274 g/mol. The molecule has 108 valence electrons. The zero-order chi connectivity index (χ0) is 14.7. The van der Waals surface area contributed by atoms with Gasteiger partial charge in [0.05, 0.1) is 19.4 Å².